The molecule has 0 saturated carbocycles. The Bertz CT molecular complexity index is 470. The Balaban J connectivity index is 1.94. The molecule has 2 rings (SSSR count). The van der Waals surface area contributed by atoms with Crippen molar-refractivity contribution in [3.05, 3.63) is 29.8 Å². The minimum Gasteiger partial charge on any atom is -0.481 e. The van der Waals surface area contributed by atoms with E-state index in [1.165, 1.54) is 12.1 Å². The molecular formula is C15H19F2NO3. The standard InChI is InChI=1S/C15H19F2NO3/c1-10(18-8-6-12(7-9-18)14(19)20)11-2-4-13(5-3-11)21-15(16)17/h2-5,10,12,15H,6-9H2,1H3,(H,19,20). The summed E-state index contributed by atoms with van der Waals surface area (Å²) in [5.41, 5.74) is 1.00. The first-order valence-corrected chi connectivity index (χ1v) is 6.99. The molecule has 1 fully saturated rings. The fourth-order valence-electron chi connectivity index (χ4n) is 2.67. The number of hydrogen-bond donors (Lipinski definition) is 1. The lowest BCUT2D eigenvalue weighted by molar-refractivity contribution is -0.143. The largest absolute Gasteiger partial charge is 0.481 e. The Labute approximate surface area is 122 Å². The SMILES string of the molecule is CC(c1ccc(OC(F)F)cc1)N1CCC(C(=O)O)CC1. The normalized spacial score (nSPS) is 18.7. The summed E-state index contributed by atoms with van der Waals surface area (Å²) < 4.78 is 28.5. The first kappa shape index (κ1) is 15.7. The highest BCUT2D eigenvalue weighted by Gasteiger charge is 2.27. The molecule has 1 unspecified atom stereocenters. The number of hydrogen-bond acceptors (Lipinski definition) is 3. The number of ether oxygens (including phenoxy) is 1. The number of piperidine rings is 1. The number of carbonyl (C=O) groups is 1. The topological polar surface area (TPSA) is 49.8 Å². The molecule has 0 amide bonds. The molecule has 4 nitrogen and oxygen atoms in total. The average molecular weight is 299 g/mol. The van der Waals surface area contributed by atoms with Gasteiger partial charge in [-0.2, -0.15) is 8.78 Å². The van der Waals surface area contributed by atoms with Gasteiger partial charge in [0.25, 0.3) is 0 Å². The molecule has 0 aliphatic carbocycles. The highest BCUT2D eigenvalue weighted by atomic mass is 19.3. The lowest BCUT2D eigenvalue weighted by Gasteiger charge is -2.35. The fourth-order valence-corrected chi connectivity index (χ4v) is 2.67. The van der Waals surface area contributed by atoms with Crippen molar-refractivity contribution in [2.24, 2.45) is 5.92 Å². The Morgan fingerprint density at radius 2 is 1.86 bits per heavy atom. The molecule has 1 aliphatic heterocycles. The summed E-state index contributed by atoms with van der Waals surface area (Å²) in [6, 6.07) is 6.72. The molecular weight excluding hydrogens is 280 g/mol. The molecule has 1 saturated heterocycles. The van der Waals surface area contributed by atoms with Crippen LogP contribution in [0.15, 0.2) is 24.3 Å². The van der Waals surface area contributed by atoms with Gasteiger partial charge >= 0.3 is 12.6 Å². The van der Waals surface area contributed by atoms with Crippen LogP contribution in [0.1, 0.15) is 31.4 Å². The summed E-state index contributed by atoms with van der Waals surface area (Å²) in [6.07, 6.45) is 1.29. The van der Waals surface area contributed by atoms with Crippen molar-refractivity contribution in [2.45, 2.75) is 32.4 Å². The zero-order valence-corrected chi connectivity index (χ0v) is 11.8. The first-order valence-electron chi connectivity index (χ1n) is 6.99. The number of likely N-dealkylation sites (tertiary alicyclic amines) is 1. The predicted octanol–water partition coefficient (Wildman–Crippen LogP) is 3.15. The van der Waals surface area contributed by atoms with E-state index in [2.05, 4.69) is 9.64 Å². The van der Waals surface area contributed by atoms with Crippen LogP contribution >= 0.6 is 0 Å². The number of carboxylic acids is 1. The zero-order valence-electron chi connectivity index (χ0n) is 11.8. The second kappa shape index (κ2) is 6.85. The van der Waals surface area contributed by atoms with E-state index < -0.39 is 12.6 Å². The van der Waals surface area contributed by atoms with Gasteiger partial charge in [-0.25, -0.2) is 0 Å². The molecule has 1 N–H and O–H groups in total. The van der Waals surface area contributed by atoms with Gasteiger partial charge in [0.1, 0.15) is 5.75 Å². The molecule has 116 valence electrons. The Hall–Kier alpha value is -1.69. The number of nitrogens with zero attached hydrogens (tertiary/aromatic N) is 1. The average Bonchev–Trinajstić information content (AvgIpc) is 2.47. The van der Waals surface area contributed by atoms with Crippen molar-refractivity contribution in [1.29, 1.82) is 0 Å². The molecule has 1 aromatic rings. The molecule has 21 heavy (non-hydrogen) atoms. The molecule has 1 aromatic carbocycles. The van der Waals surface area contributed by atoms with Crippen LogP contribution in [0.4, 0.5) is 8.78 Å². The predicted molar refractivity (Wildman–Crippen MR) is 73.4 cm³/mol. The van der Waals surface area contributed by atoms with Gasteiger partial charge in [-0.3, -0.25) is 9.69 Å². The van der Waals surface area contributed by atoms with Crippen LogP contribution in [0.2, 0.25) is 0 Å². The van der Waals surface area contributed by atoms with Crippen LogP contribution in [-0.4, -0.2) is 35.7 Å². The number of alkyl halides is 2. The second-order valence-electron chi connectivity index (χ2n) is 5.27. The van der Waals surface area contributed by atoms with Crippen LogP contribution in [-0.2, 0) is 4.79 Å². The van der Waals surface area contributed by atoms with Crippen LogP contribution in [0.5, 0.6) is 5.75 Å². The molecule has 0 spiro atoms. The summed E-state index contributed by atoms with van der Waals surface area (Å²) in [6.45, 7) is 0.675. The van der Waals surface area contributed by atoms with Crippen LogP contribution in [0.25, 0.3) is 0 Å². The Morgan fingerprint density at radius 1 is 1.29 bits per heavy atom. The molecule has 6 heteroatoms. The van der Waals surface area contributed by atoms with E-state index in [0.717, 1.165) is 18.7 Å². The zero-order chi connectivity index (χ0) is 15.4. The number of halogens is 2. The van der Waals surface area contributed by atoms with Crippen molar-refractivity contribution in [1.82, 2.24) is 4.90 Å². The van der Waals surface area contributed by atoms with Crippen LogP contribution in [0.3, 0.4) is 0 Å². The maximum Gasteiger partial charge on any atom is 0.387 e. The van der Waals surface area contributed by atoms with Crippen molar-refractivity contribution < 1.29 is 23.4 Å². The molecule has 0 aromatic heterocycles. The quantitative estimate of drug-likeness (QED) is 0.907. The molecule has 1 heterocycles. The Morgan fingerprint density at radius 3 is 2.33 bits per heavy atom. The van der Waals surface area contributed by atoms with Gasteiger partial charge in [0, 0.05) is 6.04 Å². The third-order valence-electron chi connectivity index (χ3n) is 4.01. The van der Waals surface area contributed by atoms with Gasteiger partial charge in [-0.1, -0.05) is 12.1 Å². The summed E-state index contributed by atoms with van der Waals surface area (Å²) in [5.74, 6) is -0.836. The molecule has 1 atom stereocenters. The van der Waals surface area contributed by atoms with Crippen molar-refractivity contribution in [2.75, 3.05) is 13.1 Å². The Kier molecular flexibility index (Phi) is 5.12. The first-order chi connectivity index (χ1) is 9.97. The van der Waals surface area contributed by atoms with Gasteiger partial charge in [0.05, 0.1) is 5.92 Å². The van der Waals surface area contributed by atoms with Crippen molar-refractivity contribution in [3.63, 3.8) is 0 Å². The van der Waals surface area contributed by atoms with Gasteiger partial charge in [-0.05, 0) is 50.6 Å². The minimum atomic E-state index is -2.82. The molecule has 0 radical (unpaired) electrons. The highest BCUT2D eigenvalue weighted by Crippen LogP contribution is 2.28. The van der Waals surface area contributed by atoms with E-state index in [-0.39, 0.29) is 17.7 Å². The van der Waals surface area contributed by atoms with E-state index in [1.54, 1.807) is 12.1 Å². The van der Waals surface area contributed by atoms with Gasteiger partial charge < -0.3 is 9.84 Å². The number of aliphatic carboxylic acids is 1. The maximum absolute atomic E-state index is 12.1. The molecule has 1 aliphatic rings. The lowest BCUT2D eigenvalue weighted by Crippen LogP contribution is -2.37. The monoisotopic (exact) mass is 299 g/mol. The number of rotatable bonds is 5. The van der Waals surface area contributed by atoms with Gasteiger partial charge in [-0.15, -0.1) is 0 Å². The van der Waals surface area contributed by atoms with Gasteiger partial charge in [0.15, 0.2) is 0 Å². The van der Waals surface area contributed by atoms with E-state index in [0.29, 0.717) is 12.8 Å². The van der Waals surface area contributed by atoms with Crippen LogP contribution < -0.4 is 4.74 Å². The second-order valence-corrected chi connectivity index (χ2v) is 5.27. The third-order valence-corrected chi connectivity index (χ3v) is 4.01. The summed E-state index contributed by atoms with van der Waals surface area (Å²) in [7, 11) is 0. The number of carboxylic acid groups (broad SMARTS) is 1. The lowest BCUT2D eigenvalue weighted by atomic mass is 9.95. The minimum absolute atomic E-state index is 0.125. The van der Waals surface area contributed by atoms with Crippen LogP contribution in [0, 0.1) is 5.92 Å². The highest BCUT2D eigenvalue weighted by molar-refractivity contribution is 5.70. The fraction of sp³-hybridized carbons (Fsp3) is 0.533. The van der Waals surface area contributed by atoms with Crippen molar-refractivity contribution in [3.8, 4) is 5.75 Å². The summed E-state index contributed by atoms with van der Waals surface area (Å²) in [4.78, 5) is 13.1. The number of benzene rings is 1. The van der Waals surface area contributed by atoms with E-state index in [1.807, 2.05) is 6.92 Å². The van der Waals surface area contributed by atoms with E-state index in [9.17, 15) is 13.6 Å². The maximum atomic E-state index is 12.1. The third kappa shape index (κ3) is 4.14. The summed E-state index contributed by atoms with van der Waals surface area (Å²) in [5, 5.41) is 8.99. The van der Waals surface area contributed by atoms with Gasteiger partial charge in [0.2, 0.25) is 0 Å². The summed E-state index contributed by atoms with van der Waals surface area (Å²) >= 11 is 0. The van der Waals surface area contributed by atoms with E-state index in [4.69, 9.17) is 5.11 Å². The molecule has 0 bridgehead atoms. The van der Waals surface area contributed by atoms with Crippen molar-refractivity contribution >= 4 is 5.97 Å². The van der Waals surface area contributed by atoms with E-state index >= 15 is 0 Å². The smallest absolute Gasteiger partial charge is 0.387 e.